The Morgan fingerprint density at radius 1 is 1.14 bits per heavy atom. The van der Waals surface area contributed by atoms with Gasteiger partial charge >= 0.3 is 0 Å². The van der Waals surface area contributed by atoms with Gasteiger partial charge in [-0.2, -0.15) is 5.10 Å². The van der Waals surface area contributed by atoms with Gasteiger partial charge in [-0.3, -0.25) is 9.48 Å². The van der Waals surface area contributed by atoms with E-state index in [4.69, 9.17) is 0 Å². The van der Waals surface area contributed by atoms with Gasteiger partial charge in [0.15, 0.2) is 5.82 Å². The maximum Gasteiger partial charge on any atom is 0.259 e. The lowest BCUT2D eigenvalue weighted by Crippen LogP contribution is -2.14. The average Bonchev–Trinajstić information content (AvgIpc) is 3.28. The Kier molecular flexibility index (Phi) is 5.21. The summed E-state index contributed by atoms with van der Waals surface area (Å²) in [6.45, 7) is 6.10. The molecule has 1 amide bonds. The van der Waals surface area contributed by atoms with Gasteiger partial charge in [0.05, 0.1) is 23.3 Å². The zero-order valence-corrected chi connectivity index (χ0v) is 20.8. The van der Waals surface area contributed by atoms with Crippen molar-refractivity contribution in [3.05, 3.63) is 66.4 Å². The van der Waals surface area contributed by atoms with E-state index >= 15 is 0 Å². The second kappa shape index (κ2) is 8.44. The second-order valence-electron chi connectivity index (χ2n) is 9.68. The average molecular weight is 481 g/mol. The highest BCUT2D eigenvalue weighted by Gasteiger charge is 2.26. The number of aromatic nitrogens is 7. The Morgan fingerprint density at radius 2 is 1.94 bits per heavy atom. The molecule has 0 atom stereocenters. The molecule has 1 saturated carbocycles. The minimum absolute atomic E-state index is 0.193. The molecule has 9 nitrogen and oxygen atoms in total. The second-order valence-corrected chi connectivity index (χ2v) is 9.68. The first-order valence-corrected chi connectivity index (χ1v) is 12.2. The Balaban J connectivity index is 1.36. The fourth-order valence-corrected chi connectivity index (χ4v) is 4.78. The maximum atomic E-state index is 13.6. The predicted molar refractivity (Wildman–Crippen MR) is 139 cm³/mol. The smallest absolute Gasteiger partial charge is 0.259 e. The van der Waals surface area contributed by atoms with Crippen LogP contribution in [0, 0.1) is 6.92 Å². The molecule has 4 aromatic heterocycles. The van der Waals surface area contributed by atoms with Gasteiger partial charge in [-0.15, -0.1) is 10.2 Å². The van der Waals surface area contributed by atoms with E-state index in [1.54, 1.807) is 12.4 Å². The largest absolute Gasteiger partial charge is 0.347 e. The number of pyridine rings is 1. The molecule has 0 saturated heterocycles. The number of hydrogen-bond donors (Lipinski definition) is 1. The molecule has 0 unspecified atom stereocenters. The van der Waals surface area contributed by atoms with Crippen LogP contribution in [0.5, 0.6) is 0 Å². The van der Waals surface area contributed by atoms with Gasteiger partial charge in [-0.1, -0.05) is 24.3 Å². The molecule has 1 aliphatic carbocycles. The number of anilines is 1. The summed E-state index contributed by atoms with van der Waals surface area (Å²) >= 11 is 0. The zero-order valence-electron chi connectivity index (χ0n) is 20.8. The van der Waals surface area contributed by atoms with E-state index in [9.17, 15) is 4.79 Å². The molecule has 0 radical (unpaired) electrons. The van der Waals surface area contributed by atoms with E-state index in [0.29, 0.717) is 28.9 Å². The highest BCUT2D eigenvalue weighted by Crippen LogP contribution is 2.37. The van der Waals surface area contributed by atoms with E-state index < -0.39 is 0 Å². The van der Waals surface area contributed by atoms with Gasteiger partial charge in [-0.05, 0) is 45.7 Å². The van der Waals surface area contributed by atoms with Crippen molar-refractivity contribution >= 4 is 22.6 Å². The van der Waals surface area contributed by atoms with Crippen LogP contribution in [0.3, 0.4) is 0 Å². The van der Waals surface area contributed by atoms with Crippen LogP contribution in [0.15, 0.2) is 55.1 Å². The van der Waals surface area contributed by atoms with Crippen molar-refractivity contribution in [3.63, 3.8) is 0 Å². The van der Waals surface area contributed by atoms with Crippen molar-refractivity contribution in [1.29, 1.82) is 0 Å². The minimum Gasteiger partial charge on any atom is -0.347 e. The Hall–Kier alpha value is -4.27. The van der Waals surface area contributed by atoms with Crippen LogP contribution < -0.4 is 5.32 Å². The number of nitrogens with zero attached hydrogens (tertiary/aromatic N) is 7. The number of rotatable bonds is 6. The summed E-state index contributed by atoms with van der Waals surface area (Å²) in [5.74, 6) is 0.937. The number of benzene rings is 1. The third-order valence-electron chi connectivity index (χ3n) is 6.92. The summed E-state index contributed by atoms with van der Waals surface area (Å²) in [5.41, 5.74) is 5.33. The molecule has 0 spiro atoms. The summed E-state index contributed by atoms with van der Waals surface area (Å²) in [7, 11) is 2.00. The highest BCUT2D eigenvalue weighted by atomic mass is 16.1. The number of amides is 1. The Morgan fingerprint density at radius 3 is 2.72 bits per heavy atom. The molecule has 1 fully saturated rings. The molecular formula is C27H28N8O. The van der Waals surface area contributed by atoms with Crippen LogP contribution >= 0.6 is 0 Å². The van der Waals surface area contributed by atoms with Gasteiger partial charge in [0, 0.05) is 41.5 Å². The molecule has 9 heteroatoms. The third kappa shape index (κ3) is 3.67. The summed E-state index contributed by atoms with van der Waals surface area (Å²) in [6, 6.07) is 12.3. The van der Waals surface area contributed by atoms with E-state index in [1.807, 2.05) is 49.0 Å². The van der Waals surface area contributed by atoms with Gasteiger partial charge in [-0.25, -0.2) is 4.98 Å². The Labute approximate surface area is 208 Å². The molecule has 6 rings (SSSR count). The van der Waals surface area contributed by atoms with Crippen molar-refractivity contribution in [1.82, 2.24) is 34.1 Å². The van der Waals surface area contributed by atoms with Crippen molar-refractivity contribution in [2.45, 2.75) is 45.7 Å². The number of carbonyl (C=O) groups is 1. The summed E-state index contributed by atoms with van der Waals surface area (Å²) in [6.07, 6.45) is 8.09. The van der Waals surface area contributed by atoms with Crippen LogP contribution in [0.25, 0.3) is 33.5 Å². The number of carbonyl (C=O) groups excluding carboxylic acids is 1. The van der Waals surface area contributed by atoms with Gasteiger partial charge in [0.2, 0.25) is 0 Å². The van der Waals surface area contributed by atoms with Gasteiger partial charge in [0.1, 0.15) is 17.8 Å². The molecule has 1 aliphatic rings. The van der Waals surface area contributed by atoms with Crippen molar-refractivity contribution < 1.29 is 4.79 Å². The van der Waals surface area contributed by atoms with Gasteiger partial charge < -0.3 is 14.5 Å². The van der Waals surface area contributed by atoms with Gasteiger partial charge in [0.25, 0.3) is 5.91 Å². The summed E-state index contributed by atoms with van der Waals surface area (Å²) in [5, 5.41) is 16.7. The molecule has 0 bridgehead atoms. The van der Waals surface area contributed by atoms with E-state index in [1.165, 1.54) is 12.8 Å². The number of fused-ring (bicyclic) bond motifs is 1. The van der Waals surface area contributed by atoms with Crippen LogP contribution in [0.1, 0.15) is 54.8 Å². The van der Waals surface area contributed by atoms with Crippen LogP contribution in [0.4, 0.5) is 5.82 Å². The number of aryl methyl sites for hydroxylation is 1. The van der Waals surface area contributed by atoms with Crippen LogP contribution in [-0.4, -0.2) is 40.0 Å². The lowest BCUT2D eigenvalue weighted by Gasteiger charge is -2.11. The highest BCUT2D eigenvalue weighted by molar-refractivity contribution is 6.15. The first kappa shape index (κ1) is 22.2. The lowest BCUT2D eigenvalue weighted by molar-refractivity contribution is 0.102. The fourth-order valence-electron chi connectivity index (χ4n) is 4.78. The number of hydrogen-bond acceptors (Lipinski definition) is 5. The maximum absolute atomic E-state index is 13.6. The molecule has 0 aliphatic heterocycles. The van der Waals surface area contributed by atoms with E-state index in [-0.39, 0.29) is 11.9 Å². The molecule has 4 heterocycles. The molecule has 1 aromatic carbocycles. The SMILES string of the molecule is Cc1c(C(=O)Nc2cccc(-c3nncn3C(C)C)n2)c2cccc(-c3cnn(C4CC4)c3)c2n1C. The number of para-hydroxylation sites is 1. The lowest BCUT2D eigenvalue weighted by atomic mass is 10.0. The third-order valence-corrected chi connectivity index (χ3v) is 6.92. The Bertz CT molecular complexity index is 1600. The molecule has 36 heavy (non-hydrogen) atoms. The molecule has 5 aromatic rings. The first-order chi connectivity index (χ1) is 17.4. The molecule has 1 N–H and O–H groups in total. The topological polar surface area (TPSA) is 95.5 Å². The fraction of sp³-hybridized carbons (Fsp3) is 0.296. The van der Waals surface area contributed by atoms with Crippen molar-refractivity contribution in [2.75, 3.05) is 5.32 Å². The van der Waals surface area contributed by atoms with Crippen LogP contribution in [-0.2, 0) is 7.05 Å². The number of nitrogens with one attached hydrogen (secondary N) is 1. The standard InChI is InChI=1S/C27H28N8O/c1-16(2)34-15-28-32-26(34)22-9-6-10-23(30-22)31-27(36)24-17(3)33(4)25-20(7-5-8-21(24)25)18-13-29-35(14-18)19-11-12-19/h5-10,13-16,19H,11-12H2,1-4H3,(H,30,31,36). The summed E-state index contributed by atoms with van der Waals surface area (Å²) in [4.78, 5) is 18.2. The van der Waals surface area contributed by atoms with E-state index in [0.717, 1.165) is 27.7 Å². The normalized spacial score (nSPS) is 13.6. The minimum atomic E-state index is -0.195. The molecule has 182 valence electrons. The van der Waals surface area contributed by atoms with E-state index in [2.05, 4.69) is 61.0 Å². The summed E-state index contributed by atoms with van der Waals surface area (Å²) < 4.78 is 6.09. The predicted octanol–water partition coefficient (Wildman–Crippen LogP) is 5.17. The monoisotopic (exact) mass is 480 g/mol. The van der Waals surface area contributed by atoms with Crippen molar-refractivity contribution in [2.24, 2.45) is 7.05 Å². The first-order valence-electron chi connectivity index (χ1n) is 12.2. The zero-order chi connectivity index (χ0) is 25.0. The quantitative estimate of drug-likeness (QED) is 0.362. The van der Waals surface area contributed by atoms with Crippen LogP contribution in [0.2, 0.25) is 0 Å². The molecular weight excluding hydrogens is 452 g/mol. The van der Waals surface area contributed by atoms with Crippen molar-refractivity contribution in [3.8, 4) is 22.6 Å².